The topological polar surface area (TPSA) is 78.9 Å². The molecule has 0 bridgehead atoms. The summed E-state index contributed by atoms with van der Waals surface area (Å²) in [6.45, 7) is 6.54. The maximum atomic E-state index is 12.9. The van der Waals surface area contributed by atoms with Crippen molar-refractivity contribution in [2.75, 3.05) is 13.2 Å². The maximum absolute atomic E-state index is 12.9. The Morgan fingerprint density at radius 2 is 0.476 bits per heavy atom. The fourth-order valence-electron chi connectivity index (χ4n) is 9.85. The van der Waals surface area contributed by atoms with E-state index in [2.05, 4.69) is 130 Å². The standard InChI is InChI=1S/C76H130O6/c1-4-7-10-13-16-19-22-25-27-29-31-33-34-35-36-37-38-39-40-41-42-44-45-47-49-51-54-57-60-63-66-69-75(78)81-72-73(71-80-74(77)68-65-62-59-56-53-24-21-18-15-12-9-6-3)82-76(79)70-67-64-61-58-55-52-50-48-46-43-32-30-28-26-23-20-17-14-11-8-5-2/h7,10,16,19,25,27,31,33,35-36,38-39,41-42,45,47,51,54,73H,4-6,8-9,11-15,17-18,20-24,26,28-30,32,34,37,40,43-44,46,48-50,52-53,55-72H2,1-3H3/b10-7-,19-16-,27-25-,33-31-,36-35-,39-38-,42-41-,47-45-,54-51-. The van der Waals surface area contributed by atoms with Gasteiger partial charge in [-0.25, -0.2) is 0 Å². The second-order valence-corrected chi connectivity index (χ2v) is 23.1. The third-order valence-corrected chi connectivity index (χ3v) is 15.0. The molecule has 0 heterocycles. The summed E-state index contributed by atoms with van der Waals surface area (Å²) >= 11 is 0. The van der Waals surface area contributed by atoms with Crippen molar-refractivity contribution in [2.45, 2.75) is 341 Å². The number of allylic oxidation sites excluding steroid dienone is 18. The molecule has 0 aromatic heterocycles. The van der Waals surface area contributed by atoms with Crippen LogP contribution in [-0.2, 0) is 28.6 Å². The zero-order valence-electron chi connectivity index (χ0n) is 54.0. The zero-order valence-corrected chi connectivity index (χ0v) is 54.0. The molecule has 0 aromatic carbocycles. The van der Waals surface area contributed by atoms with Crippen molar-refractivity contribution in [1.82, 2.24) is 0 Å². The number of unbranched alkanes of at least 4 members (excludes halogenated alkanes) is 34. The van der Waals surface area contributed by atoms with E-state index in [0.29, 0.717) is 19.3 Å². The summed E-state index contributed by atoms with van der Waals surface area (Å²) in [4.78, 5) is 38.4. The van der Waals surface area contributed by atoms with Crippen molar-refractivity contribution in [3.8, 4) is 0 Å². The molecule has 0 aliphatic rings. The molecule has 82 heavy (non-hydrogen) atoms. The summed E-state index contributed by atoms with van der Waals surface area (Å²) in [5, 5.41) is 0. The Kier molecular flexibility index (Phi) is 66.2. The van der Waals surface area contributed by atoms with Crippen LogP contribution in [0.25, 0.3) is 0 Å². The van der Waals surface area contributed by atoms with E-state index in [-0.39, 0.29) is 31.1 Å². The highest BCUT2D eigenvalue weighted by molar-refractivity contribution is 5.71. The van der Waals surface area contributed by atoms with Crippen LogP contribution < -0.4 is 0 Å². The van der Waals surface area contributed by atoms with Crippen LogP contribution in [0.5, 0.6) is 0 Å². The smallest absolute Gasteiger partial charge is 0.306 e. The summed E-state index contributed by atoms with van der Waals surface area (Å²) in [5.74, 6) is -0.904. The molecule has 0 amide bonds. The Balaban J connectivity index is 4.34. The Bertz CT molecular complexity index is 1640. The number of ether oxygens (including phenoxy) is 3. The van der Waals surface area contributed by atoms with Gasteiger partial charge in [-0.3, -0.25) is 14.4 Å². The van der Waals surface area contributed by atoms with Crippen molar-refractivity contribution in [3.05, 3.63) is 109 Å². The summed E-state index contributed by atoms with van der Waals surface area (Å²) in [6.07, 6.45) is 95.4. The molecule has 0 rings (SSSR count). The summed E-state index contributed by atoms with van der Waals surface area (Å²) in [7, 11) is 0. The minimum Gasteiger partial charge on any atom is -0.462 e. The average Bonchev–Trinajstić information content (AvgIpc) is 3.47. The number of hydrogen-bond donors (Lipinski definition) is 0. The summed E-state index contributed by atoms with van der Waals surface area (Å²) in [6, 6.07) is 0. The molecule has 0 fully saturated rings. The molecule has 0 aliphatic carbocycles. The fraction of sp³-hybridized carbons (Fsp3) is 0.724. The van der Waals surface area contributed by atoms with Crippen LogP contribution in [-0.4, -0.2) is 37.2 Å². The van der Waals surface area contributed by atoms with Crippen LogP contribution in [0.2, 0.25) is 0 Å². The molecular formula is C76H130O6. The molecule has 0 saturated heterocycles. The van der Waals surface area contributed by atoms with Gasteiger partial charge in [0.2, 0.25) is 0 Å². The van der Waals surface area contributed by atoms with Gasteiger partial charge in [0.1, 0.15) is 13.2 Å². The number of rotatable bonds is 63. The summed E-state index contributed by atoms with van der Waals surface area (Å²) < 4.78 is 16.9. The van der Waals surface area contributed by atoms with Gasteiger partial charge in [-0.1, -0.05) is 336 Å². The summed E-state index contributed by atoms with van der Waals surface area (Å²) in [5.41, 5.74) is 0. The van der Waals surface area contributed by atoms with Crippen molar-refractivity contribution >= 4 is 17.9 Å². The van der Waals surface area contributed by atoms with Gasteiger partial charge in [0, 0.05) is 19.3 Å². The first-order valence-electron chi connectivity index (χ1n) is 34.9. The van der Waals surface area contributed by atoms with E-state index in [9.17, 15) is 14.4 Å². The molecular weight excluding hydrogens is 1010 g/mol. The fourth-order valence-corrected chi connectivity index (χ4v) is 9.85. The highest BCUT2D eigenvalue weighted by Crippen LogP contribution is 2.17. The second-order valence-electron chi connectivity index (χ2n) is 23.1. The molecule has 0 radical (unpaired) electrons. The predicted molar refractivity (Wildman–Crippen MR) is 357 cm³/mol. The van der Waals surface area contributed by atoms with E-state index < -0.39 is 6.10 Å². The van der Waals surface area contributed by atoms with Crippen molar-refractivity contribution in [1.29, 1.82) is 0 Å². The lowest BCUT2D eigenvalue weighted by atomic mass is 10.0. The monoisotopic (exact) mass is 1140 g/mol. The first-order valence-corrected chi connectivity index (χ1v) is 34.9. The Labute approximate surface area is 508 Å². The van der Waals surface area contributed by atoms with Crippen molar-refractivity contribution < 1.29 is 28.6 Å². The molecule has 1 atom stereocenters. The Hall–Kier alpha value is -3.93. The van der Waals surface area contributed by atoms with Crippen LogP contribution in [0.4, 0.5) is 0 Å². The molecule has 6 heteroatoms. The number of carbonyl (C=O) groups excluding carboxylic acids is 3. The highest BCUT2D eigenvalue weighted by Gasteiger charge is 2.19. The van der Waals surface area contributed by atoms with Gasteiger partial charge < -0.3 is 14.2 Å². The van der Waals surface area contributed by atoms with Crippen molar-refractivity contribution in [3.63, 3.8) is 0 Å². The van der Waals surface area contributed by atoms with Crippen LogP contribution in [0.1, 0.15) is 335 Å². The molecule has 470 valence electrons. The van der Waals surface area contributed by atoms with E-state index >= 15 is 0 Å². The van der Waals surface area contributed by atoms with Crippen molar-refractivity contribution in [2.24, 2.45) is 0 Å². The van der Waals surface area contributed by atoms with Gasteiger partial charge >= 0.3 is 17.9 Å². The normalized spacial score (nSPS) is 12.8. The van der Waals surface area contributed by atoms with E-state index in [1.54, 1.807) is 0 Å². The largest absolute Gasteiger partial charge is 0.462 e. The molecule has 6 nitrogen and oxygen atoms in total. The number of hydrogen-bond acceptors (Lipinski definition) is 6. The lowest BCUT2D eigenvalue weighted by Crippen LogP contribution is -2.30. The molecule has 0 N–H and O–H groups in total. The average molecular weight is 1140 g/mol. The number of esters is 3. The van der Waals surface area contributed by atoms with Crippen LogP contribution in [0, 0.1) is 0 Å². The molecule has 0 aliphatic heterocycles. The lowest BCUT2D eigenvalue weighted by molar-refractivity contribution is -0.167. The molecule has 0 saturated carbocycles. The minimum atomic E-state index is -0.791. The third kappa shape index (κ3) is 66.9. The van der Waals surface area contributed by atoms with Gasteiger partial charge in [-0.2, -0.15) is 0 Å². The van der Waals surface area contributed by atoms with Crippen LogP contribution in [0.3, 0.4) is 0 Å². The first kappa shape index (κ1) is 78.1. The van der Waals surface area contributed by atoms with E-state index in [0.717, 1.165) is 122 Å². The van der Waals surface area contributed by atoms with Gasteiger partial charge in [0.05, 0.1) is 0 Å². The van der Waals surface area contributed by atoms with E-state index in [1.165, 1.54) is 173 Å². The SMILES string of the molecule is CC/C=C\C/C=C\C/C=C\C/C=C\C/C=C\C/C=C\C/C=C\C/C=C\C/C=C\CCCCCC(=O)OCC(COC(=O)CCCCCCCCCCCCCC)OC(=O)CCCCCCCCCCCCCCCCCCCCCCC. The molecule has 1 unspecified atom stereocenters. The third-order valence-electron chi connectivity index (χ3n) is 15.0. The van der Waals surface area contributed by atoms with Gasteiger partial charge in [0.15, 0.2) is 6.10 Å². The van der Waals surface area contributed by atoms with Crippen LogP contribution >= 0.6 is 0 Å². The number of carbonyl (C=O) groups is 3. The minimum absolute atomic E-state index is 0.0846. The molecule has 0 aromatic rings. The zero-order chi connectivity index (χ0) is 59.2. The highest BCUT2D eigenvalue weighted by atomic mass is 16.6. The van der Waals surface area contributed by atoms with E-state index in [1.807, 2.05) is 0 Å². The second kappa shape index (κ2) is 69.6. The Morgan fingerprint density at radius 1 is 0.256 bits per heavy atom. The van der Waals surface area contributed by atoms with Gasteiger partial charge in [-0.15, -0.1) is 0 Å². The lowest BCUT2D eigenvalue weighted by Gasteiger charge is -2.18. The quantitative estimate of drug-likeness (QED) is 0.0261. The van der Waals surface area contributed by atoms with Crippen LogP contribution in [0.15, 0.2) is 109 Å². The molecule has 0 spiro atoms. The predicted octanol–water partition coefficient (Wildman–Crippen LogP) is 24.2. The van der Waals surface area contributed by atoms with Gasteiger partial charge in [-0.05, 0) is 89.9 Å². The van der Waals surface area contributed by atoms with Gasteiger partial charge in [0.25, 0.3) is 0 Å². The first-order chi connectivity index (χ1) is 40.5. The Morgan fingerprint density at radius 3 is 0.744 bits per heavy atom. The van der Waals surface area contributed by atoms with E-state index in [4.69, 9.17) is 14.2 Å². The maximum Gasteiger partial charge on any atom is 0.306 e.